The van der Waals surface area contributed by atoms with Crippen molar-refractivity contribution >= 4 is 23.6 Å². The summed E-state index contributed by atoms with van der Waals surface area (Å²) >= 11 is 5.40. The molecule has 0 aliphatic rings. The summed E-state index contributed by atoms with van der Waals surface area (Å²) in [5, 5.41) is 0. The Labute approximate surface area is 88.8 Å². The molecule has 1 aromatic carbocycles. The molecule has 0 aliphatic heterocycles. The van der Waals surface area contributed by atoms with Gasteiger partial charge in [-0.15, -0.1) is 11.6 Å². The molecule has 1 rings (SSSR count). The van der Waals surface area contributed by atoms with Crippen LogP contribution in [0.15, 0.2) is 36.5 Å². The number of carbonyl (C=O) groups is 1. The van der Waals surface area contributed by atoms with Crippen LogP contribution >= 0.6 is 11.6 Å². The Kier molecular flexibility index (Phi) is 4.20. The van der Waals surface area contributed by atoms with Crippen LogP contribution in [0.25, 0.3) is 6.08 Å². The fourth-order valence-corrected chi connectivity index (χ4v) is 1.13. The van der Waals surface area contributed by atoms with Crippen LogP contribution in [0, 0.1) is 0 Å². The van der Waals surface area contributed by atoms with Crippen molar-refractivity contribution in [1.29, 1.82) is 0 Å². The van der Waals surface area contributed by atoms with Gasteiger partial charge in [0.2, 0.25) is 5.91 Å². The highest BCUT2D eigenvalue weighted by molar-refractivity contribution is 6.27. The Hall–Kier alpha value is -1.28. The molecule has 1 amide bonds. The maximum absolute atomic E-state index is 11.1. The molecule has 0 fully saturated rings. The van der Waals surface area contributed by atoms with Gasteiger partial charge in [-0.2, -0.15) is 0 Å². The van der Waals surface area contributed by atoms with Gasteiger partial charge in [0.05, 0.1) is 0 Å². The number of halogens is 1. The van der Waals surface area contributed by atoms with Crippen molar-refractivity contribution in [3.05, 3.63) is 42.1 Å². The van der Waals surface area contributed by atoms with Gasteiger partial charge < -0.3 is 4.90 Å². The first-order chi connectivity index (χ1) is 6.74. The Morgan fingerprint density at radius 1 is 1.43 bits per heavy atom. The molecule has 74 valence electrons. The van der Waals surface area contributed by atoms with Gasteiger partial charge in [-0.05, 0) is 11.6 Å². The number of nitrogens with zero attached hydrogens (tertiary/aromatic N) is 1. The molecular weight excluding hydrogens is 198 g/mol. The van der Waals surface area contributed by atoms with E-state index in [4.69, 9.17) is 11.6 Å². The van der Waals surface area contributed by atoms with Crippen molar-refractivity contribution in [1.82, 2.24) is 4.90 Å². The summed E-state index contributed by atoms with van der Waals surface area (Å²) in [4.78, 5) is 12.5. The second kappa shape index (κ2) is 5.45. The summed E-state index contributed by atoms with van der Waals surface area (Å²) < 4.78 is 0. The minimum absolute atomic E-state index is 0.00955. The summed E-state index contributed by atoms with van der Waals surface area (Å²) in [6, 6.07) is 9.78. The van der Waals surface area contributed by atoms with Crippen LogP contribution in [-0.4, -0.2) is 23.7 Å². The number of amides is 1. The van der Waals surface area contributed by atoms with E-state index < -0.39 is 0 Å². The lowest BCUT2D eigenvalue weighted by Gasteiger charge is -2.08. The van der Waals surface area contributed by atoms with Gasteiger partial charge in [-0.25, -0.2) is 0 Å². The van der Waals surface area contributed by atoms with Crippen LogP contribution in [0.5, 0.6) is 0 Å². The highest BCUT2D eigenvalue weighted by Gasteiger charge is 2.01. The Morgan fingerprint density at radius 2 is 2.07 bits per heavy atom. The van der Waals surface area contributed by atoms with Gasteiger partial charge in [0.15, 0.2) is 0 Å². The third-order valence-corrected chi connectivity index (χ3v) is 2.03. The fraction of sp³-hybridized carbons (Fsp3) is 0.182. The highest BCUT2D eigenvalue weighted by atomic mass is 35.5. The Bertz CT molecular complexity index is 321. The van der Waals surface area contributed by atoms with E-state index in [1.54, 1.807) is 13.2 Å². The van der Waals surface area contributed by atoms with Crippen molar-refractivity contribution in [2.24, 2.45) is 0 Å². The quantitative estimate of drug-likeness (QED) is 0.700. The van der Waals surface area contributed by atoms with Gasteiger partial charge in [-0.1, -0.05) is 30.3 Å². The second-order valence-corrected chi connectivity index (χ2v) is 3.13. The highest BCUT2D eigenvalue weighted by Crippen LogP contribution is 2.02. The average molecular weight is 210 g/mol. The maximum Gasteiger partial charge on any atom is 0.241 e. The minimum atomic E-state index is -0.112. The van der Waals surface area contributed by atoms with Crippen molar-refractivity contribution in [3.8, 4) is 0 Å². The average Bonchev–Trinajstić information content (AvgIpc) is 2.26. The maximum atomic E-state index is 11.1. The van der Waals surface area contributed by atoms with Crippen molar-refractivity contribution < 1.29 is 4.79 Å². The predicted molar refractivity (Wildman–Crippen MR) is 59.0 cm³/mol. The predicted octanol–water partition coefficient (Wildman–Crippen LogP) is 2.35. The zero-order valence-corrected chi connectivity index (χ0v) is 8.74. The number of alkyl halides is 1. The number of benzene rings is 1. The Morgan fingerprint density at radius 3 is 2.64 bits per heavy atom. The molecule has 14 heavy (non-hydrogen) atoms. The summed E-state index contributed by atoms with van der Waals surface area (Å²) in [6.45, 7) is 0. The molecule has 0 heterocycles. The van der Waals surface area contributed by atoms with E-state index in [9.17, 15) is 4.79 Å². The van der Waals surface area contributed by atoms with E-state index in [0.717, 1.165) is 5.56 Å². The number of carbonyl (C=O) groups excluding carboxylic acids is 1. The van der Waals surface area contributed by atoms with Gasteiger partial charge in [0, 0.05) is 13.2 Å². The van der Waals surface area contributed by atoms with E-state index in [2.05, 4.69) is 0 Å². The van der Waals surface area contributed by atoms with E-state index >= 15 is 0 Å². The molecule has 1 aromatic rings. The smallest absolute Gasteiger partial charge is 0.241 e. The van der Waals surface area contributed by atoms with Crippen LogP contribution in [-0.2, 0) is 4.79 Å². The molecule has 0 bridgehead atoms. The zero-order chi connectivity index (χ0) is 10.4. The van der Waals surface area contributed by atoms with Crippen LogP contribution in [0.1, 0.15) is 5.56 Å². The second-order valence-electron chi connectivity index (χ2n) is 2.86. The van der Waals surface area contributed by atoms with E-state index in [0.29, 0.717) is 0 Å². The normalized spacial score (nSPS) is 10.4. The molecule has 2 nitrogen and oxygen atoms in total. The largest absolute Gasteiger partial charge is 0.321 e. The third-order valence-electron chi connectivity index (χ3n) is 1.80. The number of hydrogen-bond acceptors (Lipinski definition) is 1. The lowest BCUT2D eigenvalue weighted by Crippen LogP contribution is -2.21. The first-order valence-electron chi connectivity index (χ1n) is 4.29. The standard InChI is InChI=1S/C11H12ClNO/c1-13(11(14)9-12)8-7-10-5-3-2-4-6-10/h2-8H,9H2,1H3. The van der Waals surface area contributed by atoms with Crippen LogP contribution in [0.3, 0.4) is 0 Å². The van der Waals surface area contributed by atoms with Gasteiger partial charge in [0.1, 0.15) is 5.88 Å². The first-order valence-corrected chi connectivity index (χ1v) is 4.82. The van der Waals surface area contributed by atoms with E-state index in [1.807, 2.05) is 36.4 Å². The van der Waals surface area contributed by atoms with Crippen molar-refractivity contribution in [2.45, 2.75) is 0 Å². The molecule has 0 saturated heterocycles. The molecule has 0 unspecified atom stereocenters. The van der Waals surface area contributed by atoms with E-state index in [-0.39, 0.29) is 11.8 Å². The molecular formula is C11H12ClNO. The number of rotatable bonds is 3. The van der Waals surface area contributed by atoms with Gasteiger partial charge in [-0.3, -0.25) is 4.79 Å². The molecule has 0 radical (unpaired) electrons. The molecule has 0 saturated carbocycles. The fourth-order valence-electron chi connectivity index (χ4n) is 0.939. The monoisotopic (exact) mass is 209 g/mol. The molecule has 0 atom stereocenters. The topological polar surface area (TPSA) is 20.3 Å². The molecule has 0 aromatic heterocycles. The van der Waals surface area contributed by atoms with Crippen molar-refractivity contribution in [3.63, 3.8) is 0 Å². The van der Waals surface area contributed by atoms with Gasteiger partial charge >= 0.3 is 0 Å². The summed E-state index contributed by atoms with van der Waals surface area (Å²) in [7, 11) is 1.68. The molecule has 0 aliphatic carbocycles. The summed E-state index contributed by atoms with van der Waals surface area (Å²) in [5.41, 5.74) is 1.06. The summed E-state index contributed by atoms with van der Waals surface area (Å²) in [6.07, 6.45) is 3.57. The Balaban J connectivity index is 2.60. The molecule has 3 heteroatoms. The van der Waals surface area contributed by atoms with Gasteiger partial charge in [0.25, 0.3) is 0 Å². The zero-order valence-electron chi connectivity index (χ0n) is 7.98. The first kappa shape index (κ1) is 10.8. The minimum Gasteiger partial charge on any atom is -0.321 e. The van der Waals surface area contributed by atoms with Crippen LogP contribution in [0.4, 0.5) is 0 Å². The lowest BCUT2D eigenvalue weighted by atomic mass is 10.2. The SMILES string of the molecule is CN(C=Cc1ccccc1)C(=O)CCl. The van der Waals surface area contributed by atoms with E-state index in [1.165, 1.54) is 4.90 Å². The molecule has 0 spiro atoms. The summed E-state index contributed by atoms with van der Waals surface area (Å²) in [5.74, 6) is -0.103. The lowest BCUT2D eigenvalue weighted by molar-refractivity contribution is -0.124. The molecule has 0 N–H and O–H groups in total. The number of hydrogen-bond donors (Lipinski definition) is 0. The van der Waals surface area contributed by atoms with Crippen molar-refractivity contribution in [2.75, 3.05) is 12.9 Å². The van der Waals surface area contributed by atoms with Crippen LogP contribution < -0.4 is 0 Å². The van der Waals surface area contributed by atoms with Crippen LogP contribution in [0.2, 0.25) is 0 Å². The third kappa shape index (κ3) is 3.23.